The third kappa shape index (κ3) is 3.54. The average molecular weight is 336 g/mol. The lowest BCUT2D eigenvalue weighted by Gasteiger charge is -2.41. The number of fused-ring (bicyclic) bond motifs is 1. The van der Waals surface area contributed by atoms with E-state index >= 15 is 0 Å². The molecule has 2 aliphatic heterocycles. The molecule has 1 saturated heterocycles. The Kier molecular flexibility index (Phi) is 4.70. The second-order valence-corrected chi connectivity index (χ2v) is 6.77. The number of amides is 1. The molecule has 0 N–H and O–H groups in total. The third-order valence-corrected chi connectivity index (χ3v) is 5.23. The van der Waals surface area contributed by atoms with E-state index in [4.69, 9.17) is 4.74 Å². The van der Waals surface area contributed by atoms with E-state index < -0.39 is 0 Å². The molecule has 0 spiro atoms. The van der Waals surface area contributed by atoms with Crippen LogP contribution in [0.5, 0.6) is 5.75 Å². The van der Waals surface area contributed by atoms with Crippen LogP contribution in [0.15, 0.2) is 54.6 Å². The van der Waals surface area contributed by atoms with Gasteiger partial charge in [0, 0.05) is 44.2 Å². The van der Waals surface area contributed by atoms with Crippen LogP contribution in [-0.4, -0.2) is 48.5 Å². The van der Waals surface area contributed by atoms with Crippen molar-refractivity contribution in [1.29, 1.82) is 0 Å². The Labute approximate surface area is 149 Å². The SMILES string of the molecule is O=C(Cc1ccccc1)N1CCN(C2CCOc3ccccc32)CC1. The van der Waals surface area contributed by atoms with E-state index in [-0.39, 0.29) is 5.91 Å². The van der Waals surface area contributed by atoms with Crippen LogP contribution in [-0.2, 0) is 11.2 Å². The zero-order valence-electron chi connectivity index (χ0n) is 14.4. The summed E-state index contributed by atoms with van der Waals surface area (Å²) in [5.74, 6) is 1.25. The topological polar surface area (TPSA) is 32.8 Å². The van der Waals surface area contributed by atoms with Crippen molar-refractivity contribution in [2.45, 2.75) is 18.9 Å². The van der Waals surface area contributed by atoms with Gasteiger partial charge in [0.25, 0.3) is 0 Å². The first-order valence-electron chi connectivity index (χ1n) is 9.09. The molecule has 1 unspecified atom stereocenters. The third-order valence-electron chi connectivity index (χ3n) is 5.23. The fraction of sp³-hybridized carbons (Fsp3) is 0.381. The highest BCUT2D eigenvalue weighted by Gasteiger charge is 2.30. The van der Waals surface area contributed by atoms with Crippen LogP contribution < -0.4 is 4.74 Å². The van der Waals surface area contributed by atoms with Gasteiger partial charge in [-0.15, -0.1) is 0 Å². The monoisotopic (exact) mass is 336 g/mol. The van der Waals surface area contributed by atoms with Gasteiger partial charge in [0.2, 0.25) is 5.91 Å². The molecule has 4 heteroatoms. The molecule has 1 atom stereocenters. The molecule has 0 aliphatic carbocycles. The number of rotatable bonds is 3. The van der Waals surface area contributed by atoms with Crippen LogP contribution in [0, 0.1) is 0 Å². The smallest absolute Gasteiger partial charge is 0.227 e. The van der Waals surface area contributed by atoms with Crippen molar-refractivity contribution in [3.05, 3.63) is 65.7 Å². The van der Waals surface area contributed by atoms with Gasteiger partial charge in [-0.1, -0.05) is 48.5 Å². The molecular weight excluding hydrogens is 312 g/mol. The highest BCUT2D eigenvalue weighted by atomic mass is 16.5. The molecule has 130 valence electrons. The maximum atomic E-state index is 12.5. The Bertz CT molecular complexity index is 724. The summed E-state index contributed by atoms with van der Waals surface area (Å²) < 4.78 is 5.78. The average Bonchev–Trinajstić information content (AvgIpc) is 2.68. The minimum absolute atomic E-state index is 0.234. The summed E-state index contributed by atoms with van der Waals surface area (Å²) in [6.07, 6.45) is 1.52. The van der Waals surface area contributed by atoms with Crippen molar-refractivity contribution in [1.82, 2.24) is 9.80 Å². The number of piperazine rings is 1. The van der Waals surface area contributed by atoms with Crippen molar-refractivity contribution >= 4 is 5.91 Å². The van der Waals surface area contributed by atoms with Crippen LogP contribution in [0.2, 0.25) is 0 Å². The predicted octanol–water partition coefficient (Wildman–Crippen LogP) is 2.90. The molecule has 25 heavy (non-hydrogen) atoms. The summed E-state index contributed by atoms with van der Waals surface area (Å²) in [5, 5.41) is 0. The van der Waals surface area contributed by atoms with Crippen molar-refractivity contribution in [2.75, 3.05) is 32.8 Å². The number of para-hydroxylation sites is 1. The number of hydrogen-bond donors (Lipinski definition) is 0. The fourth-order valence-corrected chi connectivity index (χ4v) is 3.87. The van der Waals surface area contributed by atoms with Gasteiger partial charge >= 0.3 is 0 Å². The number of hydrogen-bond acceptors (Lipinski definition) is 3. The molecule has 2 aromatic carbocycles. The Hall–Kier alpha value is -2.33. The fourth-order valence-electron chi connectivity index (χ4n) is 3.87. The maximum Gasteiger partial charge on any atom is 0.227 e. The summed E-state index contributed by atoms with van der Waals surface area (Å²) in [6.45, 7) is 4.25. The molecule has 0 aromatic heterocycles. The summed E-state index contributed by atoms with van der Waals surface area (Å²) in [7, 11) is 0. The standard InChI is InChI=1S/C21H24N2O2/c24-21(16-17-6-2-1-3-7-17)23-13-11-22(12-14-23)19-10-15-25-20-9-5-4-8-18(19)20/h1-9,19H,10-16H2. The number of ether oxygens (including phenoxy) is 1. The lowest BCUT2D eigenvalue weighted by molar-refractivity contribution is -0.132. The molecule has 2 aliphatic rings. The van der Waals surface area contributed by atoms with Crippen molar-refractivity contribution < 1.29 is 9.53 Å². The molecule has 0 radical (unpaired) electrons. The van der Waals surface area contributed by atoms with Crippen LogP contribution in [0.4, 0.5) is 0 Å². The zero-order valence-corrected chi connectivity index (χ0v) is 14.4. The van der Waals surface area contributed by atoms with E-state index in [0.29, 0.717) is 12.5 Å². The van der Waals surface area contributed by atoms with Gasteiger partial charge in [0.15, 0.2) is 0 Å². The van der Waals surface area contributed by atoms with Gasteiger partial charge in [-0.25, -0.2) is 0 Å². The van der Waals surface area contributed by atoms with Crippen LogP contribution >= 0.6 is 0 Å². The van der Waals surface area contributed by atoms with Crippen LogP contribution in [0.1, 0.15) is 23.6 Å². The van der Waals surface area contributed by atoms with Gasteiger partial charge in [-0.05, 0) is 11.6 Å². The van der Waals surface area contributed by atoms with Gasteiger partial charge in [-0.2, -0.15) is 0 Å². The molecular formula is C21H24N2O2. The Balaban J connectivity index is 1.37. The molecule has 2 heterocycles. The summed E-state index contributed by atoms with van der Waals surface area (Å²) >= 11 is 0. The zero-order chi connectivity index (χ0) is 17.1. The van der Waals surface area contributed by atoms with E-state index in [1.54, 1.807) is 0 Å². The second kappa shape index (κ2) is 7.28. The van der Waals surface area contributed by atoms with Gasteiger partial charge in [0.05, 0.1) is 13.0 Å². The second-order valence-electron chi connectivity index (χ2n) is 6.77. The van der Waals surface area contributed by atoms with E-state index in [0.717, 1.165) is 50.5 Å². The first-order chi connectivity index (χ1) is 12.3. The van der Waals surface area contributed by atoms with Gasteiger partial charge in [-0.3, -0.25) is 9.69 Å². The van der Waals surface area contributed by atoms with Gasteiger partial charge < -0.3 is 9.64 Å². The lowest BCUT2D eigenvalue weighted by atomic mass is 9.98. The first-order valence-corrected chi connectivity index (χ1v) is 9.09. The van der Waals surface area contributed by atoms with E-state index in [9.17, 15) is 4.79 Å². The highest BCUT2D eigenvalue weighted by Crippen LogP contribution is 2.36. The largest absolute Gasteiger partial charge is 0.493 e. The van der Waals surface area contributed by atoms with Crippen molar-refractivity contribution in [3.8, 4) is 5.75 Å². The quantitative estimate of drug-likeness (QED) is 0.864. The number of carbonyl (C=O) groups is 1. The Morgan fingerprint density at radius 2 is 1.68 bits per heavy atom. The number of benzene rings is 2. The minimum Gasteiger partial charge on any atom is -0.493 e. The van der Waals surface area contributed by atoms with Crippen molar-refractivity contribution in [3.63, 3.8) is 0 Å². The molecule has 1 amide bonds. The summed E-state index contributed by atoms with van der Waals surface area (Å²) in [6, 6.07) is 18.8. The molecule has 0 saturated carbocycles. The predicted molar refractivity (Wildman–Crippen MR) is 97.6 cm³/mol. The van der Waals surface area contributed by atoms with E-state index in [1.165, 1.54) is 5.56 Å². The number of carbonyl (C=O) groups excluding carboxylic acids is 1. The first kappa shape index (κ1) is 16.2. The molecule has 0 bridgehead atoms. The Morgan fingerprint density at radius 3 is 2.48 bits per heavy atom. The normalized spacial score (nSPS) is 20.6. The van der Waals surface area contributed by atoms with Gasteiger partial charge in [0.1, 0.15) is 5.75 Å². The summed E-state index contributed by atoms with van der Waals surface area (Å²) in [4.78, 5) is 17.1. The maximum absolute atomic E-state index is 12.5. The molecule has 2 aromatic rings. The Morgan fingerprint density at radius 1 is 0.960 bits per heavy atom. The van der Waals surface area contributed by atoms with Crippen molar-refractivity contribution in [2.24, 2.45) is 0 Å². The molecule has 4 nitrogen and oxygen atoms in total. The lowest BCUT2D eigenvalue weighted by Crippen LogP contribution is -2.50. The number of nitrogens with zero attached hydrogens (tertiary/aromatic N) is 2. The molecule has 4 rings (SSSR count). The minimum atomic E-state index is 0.234. The van der Waals surface area contributed by atoms with E-state index in [1.807, 2.05) is 41.3 Å². The van der Waals surface area contributed by atoms with Crippen LogP contribution in [0.3, 0.4) is 0 Å². The van der Waals surface area contributed by atoms with Crippen LogP contribution in [0.25, 0.3) is 0 Å². The highest BCUT2D eigenvalue weighted by molar-refractivity contribution is 5.78. The molecule has 1 fully saturated rings. The van der Waals surface area contributed by atoms with E-state index in [2.05, 4.69) is 23.1 Å². The summed E-state index contributed by atoms with van der Waals surface area (Å²) in [5.41, 5.74) is 2.38.